The van der Waals surface area contributed by atoms with Crippen LogP contribution in [0.3, 0.4) is 0 Å². The van der Waals surface area contributed by atoms with E-state index in [0.29, 0.717) is 15.7 Å². The Labute approximate surface area is 128 Å². The molecule has 0 fully saturated rings. The van der Waals surface area contributed by atoms with Gasteiger partial charge in [0.15, 0.2) is 0 Å². The van der Waals surface area contributed by atoms with E-state index in [1.807, 2.05) is 0 Å². The van der Waals surface area contributed by atoms with E-state index in [0.717, 1.165) is 0 Å². The van der Waals surface area contributed by atoms with Gasteiger partial charge in [0.2, 0.25) is 5.91 Å². The maximum Gasteiger partial charge on any atom is 0.273 e. The van der Waals surface area contributed by atoms with Gasteiger partial charge in [-0.1, -0.05) is 18.2 Å². The van der Waals surface area contributed by atoms with Crippen molar-refractivity contribution in [2.24, 2.45) is 0 Å². The number of hydrogen-bond donors (Lipinski definition) is 1. The summed E-state index contributed by atoms with van der Waals surface area (Å²) in [7, 11) is 0. The number of hydrogen-bond acceptors (Lipinski definition) is 3. The van der Waals surface area contributed by atoms with Gasteiger partial charge in [-0.2, -0.15) is 0 Å². The zero-order chi connectivity index (χ0) is 15.4. The van der Waals surface area contributed by atoms with Gasteiger partial charge in [0, 0.05) is 17.3 Å². The van der Waals surface area contributed by atoms with Crippen LogP contribution in [0, 0.1) is 15.9 Å². The topological polar surface area (TPSA) is 72.2 Å². The lowest BCUT2D eigenvalue weighted by atomic mass is 10.1. The van der Waals surface area contributed by atoms with Crippen LogP contribution in [-0.4, -0.2) is 10.8 Å². The molecule has 5 nitrogen and oxygen atoms in total. The first-order valence-electron chi connectivity index (χ1n) is 5.94. The van der Waals surface area contributed by atoms with E-state index in [9.17, 15) is 19.3 Å². The quantitative estimate of drug-likeness (QED) is 0.673. The van der Waals surface area contributed by atoms with Gasteiger partial charge in [-0.25, -0.2) is 4.39 Å². The van der Waals surface area contributed by atoms with E-state index in [-0.39, 0.29) is 12.1 Å². The molecule has 0 aliphatic heterocycles. The first-order valence-corrected chi connectivity index (χ1v) is 6.74. The Hall–Kier alpha value is -2.28. The van der Waals surface area contributed by atoms with Crippen LogP contribution in [0.1, 0.15) is 5.56 Å². The van der Waals surface area contributed by atoms with Gasteiger partial charge in [-0.15, -0.1) is 0 Å². The molecule has 0 saturated carbocycles. The second-order valence-electron chi connectivity index (χ2n) is 4.24. The summed E-state index contributed by atoms with van der Waals surface area (Å²) in [5, 5.41) is 13.4. The molecule has 0 aliphatic carbocycles. The minimum absolute atomic E-state index is 0.116. The van der Waals surface area contributed by atoms with Gasteiger partial charge in [-0.05, 0) is 34.1 Å². The third kappa shape index (κ3) is 3.85. The lowest BCUT2D eigenvalue weighted by Crippen LogP contribution is -2.15. The number of carbonyl (C=O) groups is 1. The zero-order valence-corrected chi connectivity index (χ0v) is 12.3. The predicted molar refractivity (Wildman–Crippen MR) is 79.5 cm³/mol. The molecule has 0 atom stereocenters. The van der Waals surface area contributed by atoms with Crippen LogP contribution >= 0.6 is 15.9 Å². The maximum absolute atomic E-state index is 13.3. The van der Waals surface area contributed by atoms with Crippen LogP contribution in [0.4, 0.5) is 15.8 Å². The number of nitro benzene ring substituents is 1. The summed E-state index contributed by atoms with van der Waals surface area (Å²) in [5.41, 5.74) is 0.478. The molecule has 0 radical (unpaired) electrons. The van der Waals surface area contributed by atoms with Crippen LogP contribution in [-0.2, 0) is 11.2 Å². The molecule has 0 spiro atoms. The Morgan fingerprint density at radius 1 is 1.29 bits per heavy atom. The normalized spacial score (nSPS) is 10.2. The zero-order valence-electron chi connectivity index (χ0n) is 10.7. The predicted octanol–water partition coefficient (Wildman–Crippen LogP) is 3.68. The maximum atomic E-state index is 13.3. The molecule has 1 N–H and O–H groups in total. The Morgan fingerprint density at radius 3 is 2.67 bits per heavy atom. The fraction of sp³-hybridized carbons (Fsp3) is 0.0714. The Morgan fingerprint density at radius 2 is 2.00 bits per heavy atom. The highest BCUT2D eigenvalue weighted by Crippen LogP contribution is 2.21. The number of nitro groups is 1. The smallest absolute Gasteiger partial charge is 0.273 e. The van der Waals surface area contributed by atoms with Crippen molar-refractivity contribution in [3.63, 3.8) is 0 Å². The number of carbonyl (C=O) groups excluding carboxylic acids is 1. The van der Waals surface area contributed by atoms with Crippen molar-refractivity contribution in [1.29, 1.82) is 0 Å². The van der Waals surface area contributed by atoms with Gasteiger partial charge in [0.05, 0.1) is 15.8 Å². The molecular weight excluding hydrogens is 343 g/mol. The number of benzene rings is 2. The van der Waals surface area contributed by atoms with Crippen LogP contribution in [0.15, 0.2) is 46.9 Å². The molecule has 2 aromatic carbocycles. The SMILES string of the molecule is O=C(Cc1ccccc1[N+](=O)[O-])Nc1ccc(Br)c(F)c1. The summed E-state index contributed by atoms with van der Waals surface area (Å²) >= 11 is 3.01. The molecule has 2 aromatic rings. The summed E-state index contributed by atoms with van der Waals surface area (Å²) in [5.74, 6) is -0.954. The molecule has 0 aliphatic rings. The van der Waals surface area contributed by atoms with Gasteiger partial charge in [0.25, 0.3) is 5.69 Å². The third-order valence-electron chi connectivity index (χ3n) is 2.74. The Balaban J connectivity index is 2.12. The van der Waals surface area contributed by atoms with Crippen molar-refractivity contribution in [2.75, 3.05) is 5.32 Å². The lowest BCUT2D eigenvalue weighted by molar-refractivity contribution is -0.385. The van der Waals surface area contributed by atoms with Crippen LogP contribution < -0.4 is 5.32 Å². The summed E-state index contributed by atoms with van der Waals surface area (Å²) in [6.07, 6.45) is -0.158. The van der Waals surface area contributed by atoms with Crippen molar-refractivity contribution < 1.29 is 14.1 Å². The molecule has 21 heavy (non-hydrogen) atoms. The van der Waals surface area contributed by atoms with E-state index in [1.54, 1.807) is 6.07 Å². The summed E-state index contributed by atoms with van der Waals surface area (Å²) < 4.78 is 13.6. The van der Waals surface area contributed by atoms with Crippen molar-refractivity contribution in [1.82, 2.24) is 0 Å². The number of para-hydroxylation sites is 1. The number of amides is 1. The molecule has 108 valence electrons. The highest BCUT2D eigenvalue weighted by atomic mass is 79.9. The largest absolute Gasteiger partial charge is 0.326 e. The molecule has 0 bridgehead atoms. The molecule has 2 rings (SSSR count). The monoisotopic (exact) mass is 352 g/mol. The second kappa shape index (κ2) is 6.45. The van der Waals surface area contributed by atoms with Crippen LogP contribution in [0.25, 0.3) is 0 Å². The molecule has 1 amide bonds. The van der Waals surface area contributed by atoms with Crippen molar-refractivity contribution in [3.05, 3.63) is 68.4 Å². The number of nitrogens with zero attached hydrogens (tertiary/aromatic N) is 1. The fourth-order valence-electron chi connectivity index (χ4n) is 1.79. The first kappa shape index (κ1) is 15.1. The molecule has 0 aromatic heterocycles. The van der Waals surface area contributed by atoms with E-state index in [1.165, 1.54) is 36.4 Å². The summed E-state index contributed by atoms with van der Waals surface area (Å²) in [4.78, 5) is 22.2. The molecule has 0 unspecified atom stereocenters. The second-order valence-corrected chi connectivity index (χ2v) is 5.09. The van der Waals surface area contributed by atoms with E-state index in [4.69, 9.17) is 0 Å². The van der Waals surface area contributed by atoms with Crippen molar-refractivity contribution >= 4 is 33.2 Å². The molecule has 0 heterocycles. The highest BCUT2D eigenvalue weighted by Gasteiger charge is 2.15. The van der Waals surface area contributed by atoms with Gasteiger partial charge < -0.3 is 5.32 Å². The van der Waals surface area contributed by atoms with E-state index < -0.39 is 16.6 Å². The number of halogens is 2. The molecule has 0 saturated heterocycles. The van der Waals surface area contributed by atoms with Crippen molar-refractivity contribution in [2.45, 2.75) is 6.42 Å². The Bertz CT molecular complexity index is 706. The average Bonchev–Trinajstić information content (AvgIpc) is 2.43. The van der Waals surface area contributed by atoms with E-state index in [2.05, 4.69) is 21.2 Å². The molecular formula is C14H10BrFN2O3. The lowest BCUT2D eigenvalue weighted by Gasteiger charge is -2.06. The Kier molecular flexibility index (Phi) is 4.64. The van der Waals surface area contributed by atoms with Crippen LogP contribution in [0.2, 0.25) is 0 Å². The summed E-state index contributed by atoms with van der Waals surface area (Å²) in [6, 6.07) is 10.2. The third-order valence-corrected chi connectivity index (χ3v) is 3.39. The van der Waals surface area contributed by atoms with E-state index >= 15 is 0 Å². The number of nitrogens with one attached hydrogen (secondary N) is 1. The standard InChI is InChI=1S/C14H10BrFN2O3/c15-11-6-5-10(8-12(11)16)17-14(19)7-9-3-1-2-4-13(9)18(20)21/h1-6,8H,7H2,(H,17,19). The first-order chi connectivity index (χ1) is 9.97. The van der Waals surface area contributed by atoms with Crippen LogP contribution in [0.5, 0.6) is 0 Å². The summed E-state index contributed by atoms with van der Waals surface area (Å²) in [6.45, 7) is 0. The van der Waals surface area contributed by atoms with Gasteiger partial charge in [0.1, 0.15) is 5.82 Å². The highest BCUT2D eigenvalue weighted by molar-refractivity contribution is 9.10. The fourth-order valence-corrected chi connectivity index (χ4v) is 2.04. The van der Waals surface area contributed by atoms with Gasteiger partial charge in [-0.3, -0.25) is 14.9 Å². The molecule has 7 heteroatoms. The average molecular weight is 353 g/mol. The number of anilines is 1. The minimum Gasteiger partial charge on any atom is -0.326 e. The minimum atomic E-state index is -0.540. The van der Waals surface area contributed by atoms with Crippen molar-refractivity contribution in [3.8, 4) is 0 Å². The number of rotatable bonds is 4. The van der Waals surface area contributed by atoms with Gasteiger partial charge >= 0.3 is 0 Å².